The van der Waals surface area contributed by atoms with E-state index in [-0.39, 0.29) is 34.8 Å². The first-order chi connectivity index (χ1) is 16.4. The number of aromatic hydroxyl groups is 1. The summed E-state index contributed by atoms with van der Waals surface area (Å²) in [4.78, 5) is 8.74. The molecule has 0 spiro atoms. The third-order valence-electron chi connectivity index (χ3n) is 6.15. The van der Waals surface area contributed by atoms with Crippen LogP contribution in [-0.2, 0) is 18.0 Å². The molecular weight excluding hydrogens is 473 g/mol. The third kappa shape index (κ3) is 4.71. The van der Waals surface area contributed by atoms with Crippen LogP contribution in [0.2, 0.25) is 0 Å². The Kier molecular flexibility index (Phi) is 6.52. The van der Waals surface area contributed by atoms with Crippen molar-refractivity contribution in [3.63, 3.8) is 0 Å². The molecule has 4 rings (SSSR count). The molecule has 35 heavy (non-hydrogen) atoms. The molecule has 0 saturated carbocycles. The van der Waals surface area contributed by atoms with E-state index in [1.807, 2.05) is 6.21 Å². The van der Waals surface area contributed by atoms with Gasteiger partial charge < -0.3 is 9.84 Å². The fourth-order valence-electron chi connectivity index (χ4n) is 4.24. The number of hydrogen-bond donors (Lipinski definition) is 1. The van der Waals surface area contributed by atoms with Gasteiger partial charge in [0.2, 0.25) is 5.65 Å². The first-order valence-electron chi connectivity index (χ1n) is 11.1. The Morgan fingerprint density at radius 1 is 1.26 bits per heavy atom. The highest BCUT2D eigenvalue weighted by Crippen LogP contribution is 2.41. The summed E-state index contributed by atoms with van der Waals surface area (Å²) in [7, 11) is 3.27. The van der Waals surface area contributed by atoms with Crippen molar-refractivity contribution >= 4 is 23.2 Å². The van der Waals surface area contributed by atoms with Gasteiger partial charge in [0.1, 0.15) is 11.9 Å². The summed E-state index contributed by atoms with van der Waals surface area (Å²) >= 11 is 0. The average Bonchev–Trinajstić information content (AvgIpc) is 3.12. The van der Waals surface area contributed by atoms with Crippen molar-refractivity contribution in [2.24, 2.45) is 18.9 Å². The molecule has 0 radical (unpaired) electrons. The first-order valence-corrected chi connectivity index (χ1v) is 11.1. The molecular formula is C23H25F5N5O2+. The lowest BCUT2D eigenvalue weighted by molar-refractivity contribution is -0.411. The molecule has 1 unspecified atom stereocenters. The molecule has 0 amide bonds. The van der Waals surface area contributed by atoms with Gasteiger partial charge in [0.15, 0.2) is 17.4 Å². The zero-order chi connectivity index (χ0) is 25.7. The van der Waals surface area contributed by atoms with E-state index < -0.39 is 34.7 Å². The number of phenols is 1. The largest absolute Gasteiger partial charge is 0.503 e. The quantitative estimate of drug-likeness (QED) is 0.317. The topological polar surface area (TPSA) is 76.1 Å². The van der Waals surface area contributed by atoms with Crippen molar-refractivity contribution in [2.75, 3.05) is 13.7 Å². The molecule has 1 saturated heterocycles. The number of phenolic OH excluding ortho intramolecular Hbond substituents is 1. The molecule has 1 aliphatic rings. The number of nitrogens with zero attached hydrogens (tertiary/aromatic N) is 5. The minimum absolute atomic E-state index is 0.147. The van der Waals surface area contributed by atoms with Gasteiger partial charge >= 0.3 is 12.1 Å². The van der Waals surface area contributed by atoms with Crippen molar-refractivity contribution < 1.29 is 36.4 Å². The maximum Gasteiger partial charge on any atom is 0.434 e. The lowest BCUT2D eigenvalue weighted by atomic mass is 9.91. The van der Waals surface area contributed by atoms with Crippen LogP contribution in [-0.4, -0.2) is 55.4 Å². The van der Waals surface area contributed by atoms with Crippen molar-refractivity contribution in [3.8, 4) is 17.0 Å². The summed E-state index contributed by atoms with van der Waals surface area (Å²) in [5, 5.41) is 13.9. The van der Waals surface area contributed by atoms with Crippen molar-refractivity contribution in [3.05, 3.63) is 29.5 Å². The second-order valence-corrected chi connectivity index (χ2v) is 9.02. The molecule has 0 bridgehead atoms. The van der Waals surface area contributed by atoms with Crippen LogP contribution in [0.25, 0.3) is 22.3 Å². The number of alkyl halides is 3. The first kappa shape index (κ1) is 25.0. The van der Waals surface area contributed by atoms with Gasteiger partial charge in [-0.2, -0.15) is 18.3 Å². The van der Waals surface area contributed by atoms with E-state index in [0.29, 0.717) is 18.5 Å². The van der Waals surface area contributed by atoms with Crippen LogP contribution in [0.15, 0.2) is 12.3 Å². The van der Waals surface area contributed by atoms with Crippen molar-refractivity contribution in [2.45, 2.75) is 39.0 Å². The highest BCUT2D eigenvalue weighted by atomic mass is 19.4. The van der Waals surface area contributed by atoms with Gasteiger partial charge in [0.25, 0.3) is 0 Å². The summed E-state index contributed by atoms with van der Waals surface area (Å²) in [6.07, 6.45) is 0.0394. The summed E-state index contributed by atoms with van der Waals surface area (Å²) in [5.74, 6) is -4.40. The molecule has 2 aromatic heterocycles. The summed E-state index contributed by atoms with van der Waals surface area (Å²) in [6.45, 7) is 4.86. The highest BCUT2D eigenvalue weighted by Gasteiger charge is 2.38. The van der Waals surface area contributed by atoms with Crippen LogP contribution in [0.3, 0.4) is 0 Å². The minimum Gasteiger partial charge on any atom is -0.503 e. The van der Waals surface area contributed by atoms with Crippen LogP contribution in [0.1, 0.15) is 32.3 Å². The lowest BCUT2D eigenvalue weighted by Crippen LogP contribution is -2.31. The molecule has 1 N–H and O–H groups in total. The predicted octanol–water partition coefficient (Wildman–Crippen LogP) is 4.83. The number of benzene rings is 1. The highest BCUT2D eigenvalue weighted by molar-refractivity contribution is 5.91. The van der Waals surface area contributed by atoms with E-state index in [0.717, 1.165) is 12.8 Å². The van der Waals surface area contributed by atoms with Gasteiger partial charge in [-0.05, 0) is 29.8 Å². The SMILES string of the molecule is CC(C)[C@H]1CC(/C=[N+](\C)c2ncc3c(-c4cc(C(F)(F)F)c(F)c(O)c4F)nn(C)c3n2)CCO1. The standard InChI is InChI=1S/C23H24F5N5O2/c1-11(2)16-7-12(5-6-35-16)10-32(3)22-29-9-14-19(31-33(4)21(14)30-22)13-8-15(23(26,27)28)18(25)20(34)17(13)24/h8-12,16H,5-7H2,1-4H3/p+1/b32-10+/t12?,16-/m1/s1. The van der Waals surface area contributed by atoms with E-state index in [1.165, 1.54) is 17.9 Å². The number of aromatic nitrogens is 4. The molecule has 12 heteroatoms. The Labute approximate surface area is 197 Å². The molecule has 0 aliphatic carbocycles. The Morgan fingerprint density at radius 2 is 1.97 bits per heavy atom. The van der Waals surface area contributed by atoms with E-state index in [2.05, 4.69) is 28.9 Å². The van der Waals surface area contributed by atoms with Crippen LogP contribution in [0, 0.1) is 23.5 Å². The van der Waals surface area contributed by atoms with Gasteiger partial charge in [0, 0.05) is 31.4 Å². The van der Waals surface area contributed by atoms with Gasteiger partial charge in [0.05, 0.1) is 24.1 Å². The zero-order valence-electron chi connectivity index (χ0n) is 19.6. The Morgan fingerprint density at radius 3 is 2.63 bits per heavy atom. The second kappa shape index (κ2) is 9.14. The minimum atomic E-state index is -5.14. The summed E-state index contributed by atoms with van der Waals surface area (Å²) < 4.78 is 77.1. The fourth-order valence-corrected chi connectivity index (χ4v) is 4.24. The summed E-state index contributed by atoms with van der Waals surface area (Å²) in [5.41, 5.74) is -2.52. The Bertz CT molecular complexity index is 1300. The van der Waals surface area contributed by atoms with Crippen LogP contribution in [0.5, 0.6) is 5.75 Å². The van der Waals surface area contributed by atoms with Crippen molar-refractivity contribution in [1.29, 1.82) is 0 Å². The number of aryl methyl sites for hydroxylation is 1. The van der Waals surface area contributed by atoms with Crippen LogP contribution < -0.4 is 0 Å². The normalized spacial score (nSPS) is 19.7. The maximum absolute atomic E-state index is 14.6. The van der Waals surface area contributed by atoms with E-state index in [9.17, 15) is 27.1 Å². The van der Waals surface area contributed by atoms with E-state index >= 15 is 0 Å². The number of fused-ring (bicyclic) bond motifs is 1. The molecule has 7 nitrogen and oxygen atoms in total. The molecule has 2 atom stereocenters. The van der Waals surface area contributed by atoms with E-state index in [4.69, 9.17) is 4.74 Å². The van der Waals surface area contributed by atoms with E-state index in [1.54, 1.807) is 11.6 Å². The van der Waals surface area contributed by atoms with Crippen molar-refractivity contribution in [1.82, 2.24) is 19.7 Å². The average molecular weight is 498 g/mol. The molecule has 1 fully saturated rings. The number of halogens is 5. The Hall–Kier alpha value is -3.15. The number of rotatable bonds is 4. The Balaban J connectivity index is 1.74. The monoisotopic (exact) mass is 498 g/mol. The summed E-state index contributed by atoms with van der Waals surface area (Å²) in [6, 6.07) is 0.288. The zero-order valence-corrected chi connectivity index (χ0v) is 19.6. The predicted molar refractivity (Wildman–Crippen MR) is 118 cm³/mol. The molecule has 1 aliphatic heterocycles. The van der Waals surface area contributed by atoms with Gasteiger partial charge in [-0.3, -0.25) is 0 Å². The van der Waals surface area contributed by atoms with Crippen LogP contribution >= 0.6 is 0 Å². The smallest absolute Gasteiger partial charge is 0.434 e. The maximum atomic E-state index is 14.6. The van der Waals surface area contributed by atoms with Crippen LogP contribution in [0.4, 0.5) is 27.9 Å². The number of ether oxygens (including phenoxy) is 1. The molecule has 1 aromatic carbocycles. The lowest BCUT2D eigenvalue weighted by Gasteiger charge is -2.30. The molecule has 3 aromatic rings. The molecule has 3 heterocycles. The number of hydrogen-bond acceptors (Lipinski definition) is 5. The van der Waals surface area contributed by atoms with Gasteiger partial charge in [-0.25, -0.2) is 18.0 Å². The third-order valence-corrected chi connectivity index (χ3v) is 6.15. The second-order valence-electron chi connectivity index (χ2n) is 9.02. The fraction of sp³-hybridized carbons (Fsp3) is 0.478. The molecule has 188 valence electrons. The van der Waals surface area contributed by atoms with Gasteiger partial charge in [-0.15, -0.1) is 0 Å². The van der Waals surface area contributed by atoms with Gasteiger partial charge in [-0.1, -0.05) is 18.8 Å².